The second-order valence-corrected chi connectivity index (χ2v) is 4.75. The van der Waals surface area contributed by atoms with Crippen LogP contribution in [-0.4, -0.2) is 31.8 Å². The summed E-state index contributed by atoms with van der Waals surface area (Å²) in [5.41, 5.74) is 5.02. The van der Waals surface area contributed by atoms with Gasteiger partial charge in [-0.05, 0) is 18.9 Å². The van der Waals surface area contributed by atoms with E-state index < -0.39 is 17.9 Å². The van der Waals surface area contributed by atoms with E-state index in [1.165, 1.54) is 0 Å². The number of nitrogens with two attached hydrogens (primary N) is 1. The standard InChI is InChI=1S/C13H13FN4O2.C2H6/c1-2-13(7-19)5-3-9(20-13)18-6-4-8-10(15)16-12(14)17-11(8)18;1-2/h1,4,6,9,19H,3,5,7H2,(H2,15,16,17);1-2H3. The van der Waals surface area contributed by atoms with Gasteiger partial charge in [-0.2, -0.15) is 14.4 Å². The Bertz CT molecular complexity index is 709. The van der Waals surface area contributed by atoms with Gasteiger partial charge in [0.2, 0.25) is 0 Å². The van der Waals surface area contributed by atoms with E-state index >= 15 is 0 Å². The number of nitrogens with zero attached hydrogens (tertiary/aromatic N) is 3. The summed E-state index contributed by atoms with van der Waals surface area (Å²) in [6.45, 7) is 3.74. The van der Waals surface area contributed by atoms with Gasteiger partial charge >= 0.3 is 6.08 Å². The lowest BCUT2D eigenvalue weighted by Gasteiger charge is -2.21. The summed E-state index contributed by atoms with van der Waals surface area (Å²) in [6, 6.07) is 1.70. The molecule has 2 aromatic rings. The Morgan fingerprint density at radius 2 is 2.32 bits per heavy atom. The second-order valence-electron chi connectivity index (χ2n) is 4.75. The Kier molecular flexibility index (Phi) is 4.64. The minimum atomic E-state index is -0.988. The third-order valence-corrected chi connectivity index (χ3v) is 3.56. The van der Waals surface area contributed by atoms with E-state index in [9.17, 15) is 9.50 Å². The van der Waals surface area contributed by atoms with Gasteiger partial charge in [0.15, 0.2) is 11.2 Å². The molecule has 0 aromatic carbocycles. The maximum absolute atomic E-state index is 13.3. The van der Waals surface area contributed by atoms with Crippen molar-refractivity contribution in [1.82, 2.24) is 14.5 Å². The van der Waals surface area contributed by atoms with Crippen molar-refractivity contribution in [2.75, 3.05) is 12.3 Å². The number of aliphatic hydroxyl groups is 1. The van der Waals surface area contributed by atoms with Crippen LogP contribution in [0.25, 0.3) is 11.0 Å². The fourth-order valence-corrected chi connectivity index (χ4v) is 2.46. The quantitative estimate of drug-likeness (QED) is 0.653. The topological polar surface area (TPSA) is 86.2 Å². The Morgan fingerprint density at radius 1 is 1.59 bits per heavy atom. The minimum absolute atomic E-state index is 0.0784. The number of hydrogen-bond acceptors (Lipinski definition) is 5. The van der Waals surface area contributed by atoms with Crippen LogP contribution >= 0.6 is 0 Å². The van der Waals surface area contributed by atoms with Crippen LogP contribution in [0.2, 0.25) is 0 Å². The van der Waals surface area contributed by atoms with Crippen LogP contribution < -0.4 is 5.73 Å². The number of nitrogen functional groups attached to an aromatic ring is 1. The molecule has 1 saturated heterocycles. The third-order valence-electron chi connectivity index (χ3n) is 3.56. The zero-order valence-corrected chi connectivity index (χ0v) is 12.6. The number of terminal acetylenes is 1. The van der Waals surface area contributed by atoms with Gasteiger partial charge in [0.25, 0.3) is 0 Å². The van der Waals surface area contributed by atoms with Crippen LogP contribution in [0.4, 0.5) is 10.2 Å². The van der Waals surface area contributed by atoms with Crippen molar-refractivity contribution in [2.24, 2.45) is 0 Å². The average molecular weight is 306 g/mol. The van der Waals surface area contributed by atoms with Crippen LogP contribution in [0, 0.1) is 18.4 Å². The number of ether oxygens (including phenoxy) is 1. The van der Waals surface area contributed by atoms with Gasteiger partial charge in [-0.25, -0.2) is 0 Å². The summed E-state index contributed by atoms with van der Waals surface area (Å²) in [4.78, 5) is 7.23. The number of anilines is 1. The first-order valence-corrected chi connectivity index (χ1v) is 7.14. The zero-order chi connectivity index (χ0) is 16.3. The van der Waals surface area contributed by atoms with Crippen molar-refractivity contribution >= 4 is 16.9 Å². The second kappa shape index (κ2) is 6.30. The minimum Gasteiger partial charge on any atom is -0.392 e. The summed E-state index contributed by atoms with van der Waals surface area (Å²) < 4.78 is 20.7. The first-order valence-electron chi connectivity index (χ1n) is 7.14. The summed E-state index contributed by atoms with van der Waals surface area (Å²) in [5.74, 6) is 2.55. The number of aromatic nitrogens is 3. The van der Waals surface area contributed by atoms with E-state index in [2.05, 4.69) is 15.9 Å². The molecular weight excluding hydrogens is 287 g/mol. The lowest BCUT2D eigenvalue weighted by Crippen LogP contribution is -2.31. The fourth-order valence-electron chi connectivity index (χ4n) is 2.46. The Morgan fingerprint density at radius 3 is 2.91 bits per heavy atom. The predicted molar refractivity (Wildman–Crippen MR) is 81.3 cm³/mol. The molecular formula is C15H19FN4O2. The highest BCUT2D eigenvalue weighted by Crippen LogP contribution is 2.37. The molecule has 1 fully saturated rings. The molecule has 0 saturated carbocycles. The molecule has 0 bridgehead atoms. The average Bonchev–Trinajstić information content (AvgIpc) is 3.13. The molecule has 0 spiro atoms. The normalized spacial score (nSPS) is 23.9. The largest absolute Gasteiger partial charge is 0.392 e. The molecule has 7 heteroatoms. The van der Waals surface area contributed by atoms with Gasteiger partial charge in [-0.3, -0.25) is 0 Å². The molecule has 0 radical (unpaired) electrons. The van der Waals surface area contributed by atoms with E-state index in [1.807, 2.05) is 13.8 Å². The van der Waals surface area contributed by atoms with Crippen LogP contribution in [-0.2, 0) is 4.74 Å². The Hall–Kier alpha value is -2.17. The molecule has 0 amide bonds. The summed E-state index contributed by atoms with van der Waals surface area (Å²) in [5, 5.41) is 9.90. The predicted octanol–water partition coefficient (Wildman–Crippen LogP) is 1.85. The first-order chi connectivity index (χ1) is 10.6. The van der Waals surface area contributed by atoms with Gasteiger partial charge in [0, 0.05) is 6.20 Å². The van der Waals surface area contributed by atoms with E-state index in [0.717, 1.165) is 0 Å². The SMILES string of the molecule is C#CC1(CO)CCC(n2ccc3c(N)nc(F)nc32)O1.CC. The van der Waals surface area contributed by atoms with Crippen molar-refractivity contribution in [3.05, 3.63) is 18.3 Å². The summed E-state index contributed by atoms with van der Waals surface area (Å²) in [7, 11) is 0. The molecule has 1 aliphatic rings. The smallest absolute Gasteiger partial charge is 0.312 e. The highest BCUT2D eigenvalue weighted by atomic mass is 19.1. The van der Waals surface area contributed by atoms with Crippen LogP contribution in [0.5, 0.6) is 0 Å². The Labute approximate surface area is 128 Å². The van der Waals surface area contributed by atoms with Gasteiger partial charge in [-0.1, -0.05) is 19.8 Å². The number of rotatable bonds is 2. The third kappa shape index (κ3) is 2.63. The molecule has 1 aliphatic heterocycles. The van der Waals surface area contributed by atoms with Gasteiger partial charge < -0.3 is 20.1 Å². The number of hydrogen-bond donors (Lipinski definition) is 2. The first kappa shape index (κ1) is 16.2. The van der Waals surface area contributed by atoms with E-state index in [-0.39, 0.29) is 12.4 Å². The number of fused-ring (bicyclic) bond motifs is 1. The highest BCUT2D eigenvalue weighted by Gasteiger charge is 2.39. The van der Waals surface area contributed by atoms with Crippen molar-refractivity contribution in [1.29, 1.82) is 0 Å². The molecule has 3 heterocycles. The van der Waals surface area contributed by atoms with Crippen LogP contribution in [0.1, 0.15) is 32.9 Å². The molecule has 2 aromatic heterocycles. The molecule has 6 nitrogen and oxygen atoms in total. The molecule has 118 valence electrons. The van der Waals surface area contributed by atoms with Crippen LogP contribution in [0.15, 0.2) is 12.3 Å². The van der Waals surface area contributed by atoms with E-state index in [0.29, 0.717) is 23.9 Å². The molecule has 0 aliphatic carbocycles. The van der Waals surface area contributed by atoms with Crippen molar-refractivity contribution < 1.29 is 14.2 Å². The zero-order valence-electron chi connectivity index (χ0n) is 12.6. The molecule has 2 atom stereocenters. The van der Waals surface area contributed by atoms with Crippen molar-refractivity contribution in [3.63, 3.8) is 0 Å². The maximum atomic E-state index is 13.3. The fraction of sp³-hybridized carbons (Fsp3) is 0.467. The van der Waals surface area contributed by atoms with Crippen LogP contribution in [0.3, 0.4) is 0 Å². The molecule has 3 N–H and O–H groups in total. The highest BCUT2D eigenvalue weighted by molar-refractivity contribution is 5.86. The van der Waals surface area contributed by atoms with Crippen molar-refractivity contribution in [2.45, 2.75) is 38.5 Å². The van der Waals surface area contributed by atoms with Gasteiger partial charge in [-0.15, -0.1) is 6.42 Å². The summed E-state index contributed by atoms with van der Waals surface area (Å²) >= 11 is 0. The lowest BCUT2D eigenvalue weighted by atomic mass is 10.0. The Balaban J connectivity index is 0.000000847. The van der Waals surface area contributed by atoms with Gasteiger partial charge in [0.05, 0.1) is 12.0 Å². The number of aliphatic hydroxyl groups excluding tert-OH is 1. The molecule has 22 heavy (non-hydrogen) atoms. The number of halogens is 1. The molecule has 2 unspecified atom stereocenters. The lowest BCUT2D eigenvalue weighted by molar-refractivity contribution is -0.0616. The van der Waals surface area contributed by atoms with Crippen molar-refractivity contribution in [3.8, 4) is 12.3 Å². The monoisotopic (exact) mass is 306 g/mol. The maximum Gasteiger partial charge on any atom is 0.312 e. The molecule has 3 rings (SSSR count). The van der Waals surface area contributed by atoms with Gasteiger partial charge in [0.1, 0.15) is 12.0 Å². The van der Waals surface area contributed by atoms with E-state index in [1.54, 1.807) is 16.8 Å². The van der Waals surface area contributed by atoms with E-state index in [4.69, 9.17) is 16.9 Å². The summed E-state index contributed by atoms with van der Waals surface area (Å²) in [6.07, 6.45) is 6.92.